The van der Waals surface area contributed by atoms with Gasteiger partial charge >= 0.3 is 6.18 Å². The van der Waals surface area contributed by atoms with Crippen molar-refractivity contribution in [1.82, 2.24) is 15.5 Å². The molecular formula is C9H11F3N4OS. The minimum absolute atomic E-state index is 0.0103. The minimum atomic E-state index is -4.49. The molecule has 0 unspecified atom stereocenters. The summed E-state index contributed by atoms with van der Waals surface area (Å²) < 4.78 is 36.7. The third-order valence-corrected chi connectivity index (χ3v) is 3.28. The number of hydrogen-bond donors (Lipinski definition) is 2. The molecule has 1 aliphatic rings. The lowest BCUT2D eigenvalue weighted by Crippen LogP contribution is -2.31. The molecule has 0 spiro atoms. The Bertz CT molecular complexity index is 430. The number of carbonyl (C=O) groups excluding carboxylic acids is 1. The third kappa shape index (κ3) is 3.83. The van der Waals surface area contributed by atoms with Crippen LogP contribution in [-0.2, 0) is 11.0 Å². The Morgan fingerprint density at radius 1 is 1.39 bits per heavy atom. The van der Waals surface area contributed by atoms with Crippen LogP contribution in [0, 0.1) is 5.92 Å². The van der Waals surface area contributed by atoms with Crippen LogP contribution in [-0.4, -0.2) is 29.2 Å². The summed E-state index contributed by atoms with van der Waals surface area (Å²) >= 11 is 0.380. The molecule has 100 valence electrons. The molecule has 0 aromatic carbocycles. The third-order valence-electron chi connectivity index (χ3n) is 2.35. The largest absolute Gasteiger partial charge is 0.445 e. The number of carbonyl (C=O) groups is 1. The second-order valence-electron chi connectivity index (χ2n) is 4.01. The average molecular weight is 280 g/mol. The molecule has 1 aromatic heterocycles. The normalized spacial score (nSPS) is 15.5. The highest BCUT2D eigenvalue weighted by Gasteiger charge is 2.35. The number of hydrogen-bond acceptors (Lipinski definition) is 5. The van der Waals surface area contributed by atoms with Crippen molar-refractivity contribution in [1.29, 1.82) is 0 Å². The quantitative estimate of drug-likeness (QED) is 0.857. The molecule has 0 saturated heterocycles. The Morgan fingerprint density at radius 2 is 2.11 bits per heavy atom. The molecule has 1 fully saturated rings. The average Bonchev–Trinajstić information content (AvgIpc) is 2.98. The highest BCUT2D eigenvalue weighted by molar-refractivity contribution is 7.15. The van der Waals surface area contributed by atoms with Gasteiger partial charge in [0.05, 0.1) is 6.54 Å². The molecule has 2 rings (SSSR count). The van der Waals surface area contributed by atoms with Crippen LogP contribution in [0.1, 0.15) is 17.8 Å². The predicted molar refractivity (Wildman–Crippen MR) is 59.1 cm³/mol. The van der Waals surface area contributed by atoms with E-state index in [1.807, 2.05) is 0 Å². The maximum absolute atomic E-state index is 12.2. The molecule has 18 heavy (non-hydrogen) atoms. The number of nitrogens with zero attached hydrogens (tertiary/aromatic N) is 2. The minimum Gasteiger partial charge on any atom is -0.354 e. The number of alkyl halides is 3. The molecule has 1 saturated carbocycles. The number of nitrogens with one attached hydrogen (secondary N) is 2. The van der Waals surface area contributed by atoms with Gasteiger partial charge in [0.1, 0.15) is 0 Å². The van der Waals surface area contributed by atoms with Gasteiger partial charge in [-0.05, 0) is 18.8 Å². The maximum Gasteiger partial charge on any atom is 0.445 e. The molecule has 0 atom stereocenters. The number of aromatic nitrogens is 2. The summed E-state index contributed by atoms with van der Waals surface area (Å²) in [7, 11) is 0. The predicted octanol–water partition coefficient (Wildman–Crippen LogP) is 1.50. The first-order valence-electron chi connectivity index (χ1n) is 5.36. The molecule has 0 bridgehead atoms. The van der Waals surface area contributed by atoms with E-state index in [9.17, 15) is 18.0 Å². The van der Waals surface area contributed by atoms with Crippen molar-refractivity contribution >= 4 is 22.4 Å². The Hall–Kier alpha value is -1.38. The van der Waals surface area contributed by atoms with Crippen molar-refractivity contribution in [2.75, 3.05) is 18.4 Å². The molecule has 1 heterocycles. The van der Waals surface area contributed by atoms with Crippen LogP contribution in [0.25, 0.3) is 0 Å². The summed E-state index contributed by atoms with van der Waals surface area (Å²) in [6.45, 7) is 0.531. The van der Waals surface area contributed by atoms with Crippen LogP contribution >= 0.6 is 11.3 Å². The Labute approximate surface area is 105 Å². The van der Waals surface area contributed by atoms with Crippen molar-refractivity contribution in [2.24, 2.45) is 5.92 Å². The molecule has 1 aliphatic carbocycles. The fraction of sp³-hybridized carbons (Fsp3) is 0.667. The first kappa shape index (κ1) is 13.1. The van der Waals surface area contributed by atoms with Gasteiger partial charge in [0.25, 0.3) is 0 Å². The summed E-state index contributed by atoms with van der Waals surface area (Å²) in [6, 6.07) is 0. The maximum atomic E-state index is 12.2. The van der Waals surface area contributed by atoms with E-state index >= 15 is 0 Å². The van der Waals surface area contributed by atoms with Crippen molar-refractivity contribution in [3.63, 3.8) is 0 Å². The SMILES string of the molecule is O=C(CNc1nnc(C(F)(F)F)s1)NCC1CC1. The molecule has 9 heteroatoms. The van der Waals surface area contributed by atoms with Gasteiger partial charge in [-0.3, -0.25) is 4.79 Å². The fourth-order valence-corrected chi connectivity index (χ4v) is 1.81. The zero-order valence-corrected chi connectivity index (χ0v) is 10.1. The standard InChI is InChI=1S/C9H11F3N4OS/c10-9(11,12)7-15-16-8(18-7)14-4-6(17)13-3-5-1-2-5/h5H,1-4H2,(H,13,17)(H,14,16). The number of anilines is 1. The van der Waals surface area contributed by atoms with E-state index in [4.69, 9.17) is 0 Å². The first-order valence-corrected chi connectivity index (χ1v) is 6.18. The van der Waals surface area contributed by atoms with Gasteiger partial charge in [0.15, 0.2) is 0 Å². The van der Waals surface area contributed by atoms with E-state index in [0.29, 0.717) is 23.8 Å². The second-order valence-corrected chi connectivity index (χ2v) is 4.99. The van der Waals surface area contributed by atoms with Gasteiger partial charge in [-0.2, -0.15) is 13.2 Å². The number of amides is 1. The Balaban J connectivity index is 1.75. The number of halogens is 3. The van der Waals surface area contributed by atoms with E-state index in [0.717, 1.165) is 12.8 Å². The Kier molecular flexibility index (Phi) is 3.69. The smallest absolute Gasteiger partial charge is 0.354 e. The lowest BCUT2D eigenvalue weighted by molar-refractivity contribution is -0.138. The summed E-state index contributed by atoms with van der Waals surface area (Å²) in [5.74, 6) is 0.304. The molecule has 5 nitrogen and oxygen atoms in total. The molecule has 0 aliphatic heterocycles. The van der Waals surface area contributed by atoms with Crippen LogP contribution in [0.2, 0.25) is 0 Å². The van der Waals surface area contributed by atoms with Gasteiger partial charge in [-0.1, -0.05) is 11.3 Å². The summed E-state index contributed by atoms with van der Waals surface area (Å²) in [4.78, 5) is 11.3. The van der Waals surface area contributed by atoms with E-state index in [2.05, 4.69) is 20.8 Å². The van der Waals surface area contributed by atoms with E-state index in [1.165, 1.54) is 0 Å². The van der Waals surface area contributed by atoms with E-state index in [-0.39, 0.29) is 17.6 Å². The molecule has 2 N–H and O–H groups in total. The van der Waals surface area contributed by atoms with Gasteiger partial charge in [-0.25, -0.2) is 0 Å². The van der Waals surface area contributed by atoms with E-state index in [1.54, 1.807) is 0 Å². The van der Waals surface area contributed by atoms with Crippen molar-refractivity contribution < 1.29 is 18.0 Å². The van der Waals surface area contributed by atoms with Crippen molar-refractivity contribution in [3.05, 3.63) is 5.01 Å². The van der Waals surface area contributed by atoms with Crippen molar-refractivity contribution in [2.45, 2.75) is 19.0 Å². The summed E-state index contributed by atoms with van der Waals surface area (Å²) in [5, 5.41) is 10.5. The fourth-order valence-electron chi connectivity index (χ4n) is 1.21. The topological polar surface area (TPSA) is 66.9 Å². The molecule has 1 amide bonds. The number of rotatable bonds is 5. The van der Waals surface area contributed by atoms with Gasteiger partial charge < -0.3 is 10.6 Å². The summed E-state index contributed by atoms with van der Waals surface area (Å²) in [5.41, 5.74) is 0. The van der Waals surface area contributed by atoms with Crippen LogP contribution in [0.4, 0.5) is 18.3 Å². The zero-order chi connectivity index (χ0) is 13.2. The lowest BCUT2D eigenvalue weighted by Gasteiger charge is -2.04. The van der Waals surface area contributed by atoms with E-state index < -0.39 is 11.2 Å². The van der Waals surface area contributed by atoms with Gasteiger partial charge in [0.2, 0.25) is 16.0 Å². The monoisotopic (exact) mass is 280 g/mol. The Morgan fingerprint density at radius 3 is 2.67 bits per heavy atom. The molecule has 0 radical (unpaired) electrons. The molecule has 1 aromatic rings. The zero-order valence-electron chi connectivity index (χ0n) is 9.25. The van der Waals surface area contributed by atoms with Crippen LogP contribution in [0.15, 0.2) is 0 Å². The van der Waals surface area contributed by atoms with Crippen LogP contribution in [0.5, 0.6) is 0 Å². The second kappa shape index (κ2) is 5.09. The molecular weight excluding hydrogens is 269 g/mol. The van der Waals surface area contributed by atoms with Gasteiger partial charge in [0, 0.05) is 6.54 Å². The van der Waals surface area contributed by atoms with Gasteiger partial charge in [-0.15, -0.1) is 10.2 Å². The summed E-state index contributed by atoms with van der Waals surface area (Å²) in [6.07, 6.45) is -2.25. The van der Waals surface area contributed by atoms with Crippen LogP contribution < -0.4 is 10.6 Å². The highest BCUT2D eigenvalue weighted by Crippen LogP contribution is 2.32. The van der Waals surface area contributed by atoms with Crippen LogP contribution in [0.3, 0.4) is 0 Å². The highest BCUT2D eigenvalue weighted by atomic mass is 32.1. The lowest BCUT2D eigenvalue weighted by atomic mass is 10.4. The van der Waals surface area contributed by atoms with Crippen molar-refractivity contribution in [3.8, 4) is 0 Å². The first-order chi connectivity index (χ1) is 8.45.